The van der Waals surface area contributed by atoms with Gasteiger partial charge in [0, 0.05) is 39.1 Å². The van der Waals surface area contributed by atoms with Gasteiger partial charge in [-0.2, -0.15) is 0 Å². The lowest BCUT2D eigenvalue weighted by Gasteiger charge is -2.05. The Kier molecular flexibility index (Phi) is 4.54. The van der Waals surface area contributed by atoms with Crippen LogP contribution in [0.5, 0.6) is 0 Å². The molecule has 0 atom stereocenters. The van der Waals surface area contributed by atoms with Crippen molar-refractivity contribution in [2.45, 2.75) is 32.7 Å². The fraction of sp³-hybridized carbons (Fsp3) is 0.700. The molecule has 0 amide bonds. The smallest absolute Gasteiger partial charge is 0.108 e. The molecule has 0 saturated heterocycles. The van der Waals surface area contributed by atoms with Gasteiger partial charge in [0.1, 0.15) is 5.82 Å². The molecule has 3 nitrogen and oxygen atoms in total. The summed E-state index contributed by atoms with van der Waals surface area (Å²) in [4.78, 5) is 4.27. The second-order valence-electron chi connectivity index (χ2n) is 3.09. The Balaban J connectivity index is 2.27. The average Bonchev–Trinajstić information content (AvgIpc) is 2.60. The molecule has 0 radical (unpaired) electrons. The number of ether oxygens (including phenoxy) is 1. The summed E-state index contributed by atoms with van der Waals surface area (Å²) < 4.78 is 7.21. The molecular formula is C10H18N2O. The molecular weight excluding hydrogens is 164 g/mol. The van der Waals surface area contributed by atoms with Crippen LogP contribution in [-0.2, 0) is 17.7 Å². The van der Waals surface area contributed by atoms with Crippen molar-refractivity contribution < 1.29 is 4.74 Å². The van der Waals surface area contributed by atoms with Crippen LogP contribution in [0.1, 0.15) is 25.6 Å². The van der Waals surface area contributed by atoms with Gasteiger partial charge in [-0.1, -0.05) is 6.92 Å². The highest BCUT2D eigenvalue weighted by Crippen LogP contribution is 2.01. The van der Waals surface area contributed by atoms with Crippen LogP contribution in [0, 0.1) is 0 Å². The fourth-order valence-electron chi connectivity index (χ4n) is 1.39. The summed E-state index contributed by atoms with van der Waals surface area (Å²) in [5.74, 6) is 1.18. The third-order valence-corrected chi connectivity index (χ3v) is 2.12. The zero-order valence-electron chi connectivity index (χ0n) is 8.49. The van der Waals surface area contributed by atoms with Crippen LogP contribution in [0.2, 0.25) is 0 Å². The molecule has 1 aromatic heterocycles. The molecule has 3 heteroatoms. The molecule has 0 fully saturated rings. The Morgan fingerprint density at radius 1 is 1.46 bits per heavy atom. The highest BCUT2D eigenvalue weighted by atomic mass is 16.5. The molecule has 0 aliphatic carbocycles. The van der Waals surface area contributed by atoms with Crippen LogP contribution in [-0.4, -0.2) is 23.3 Å². The van der Waals surface area contributed by atoms with E-state index < -0.39 is 0 Å². The Bertz CT molecular complexity index is 233. The molecule has 1 rings (SSSR count). The van der Waals surface area contributed by atoms with Crippen LogP contribution in [0.4, 0.5) is 0 Å². The van der Waals surface area contributed by atoms with E-state index >= 15 is 0 Å². The Morgan fingerprint density at radius 2 is 2.31 bits per heavy atom. The second-order valence-corrected chi connectivity index (χ2v) is 3.09. The lowest BCUT2D eigenvalue weighted by molar-refractivity contribution is 0.191. The van der Waals surface area contributed by atoms with E-state index in [2.05, 4.69) is 16.5 Å². The molecule has 1 heterocycles. The largest absolute Gasteiger partial charge is 0.385 e. The number of aromatic nitrogens is 2. The minimum atomic E-state index is 0.857. The Hall–Kier alpha value is -0.830. The van der Waals surface area contributed by atoms with E-state index in [0.717, 1.165) is 32.4 Å². The van der Waals surface area contributed by atoms with E-state index in [0.29, 0.717) is 0 Å². The number of hydrogen-bond acceptors (Lipinski definition) is 2. The maximum Gasteiger partial charge on any atom is 0.108 e. The van der Waals surface area contributed by atoms with Crippen LogP contribution < -0.4 is 0 Å². The van der Waals surface area contributed by atoms with Gasteiger partial charge in [0.05, 0.1) is 0 Å². The zero-order valence-corrected chi connectivity index (χ0v) is 8.49. The predicted octanol–water partition coefficient (Wildman–Crippen LogP) is 1.87. The minimum absolute atomic E-state index is 0.857. The van der Waals surface area contributed by atoms with E-state index in [1.807, 2.05) is 12.4 Å². The Labute approximate surface area is 79.7 Å². The molecule has 0 unspecified atom stereocenters. The first kappa shape index (κ1) is 10.3. The monoisotopic (exact) mass is 182 g/mol. The highest BCUT2D eigenvalue weighted by molar-refractivity contribution is 4.91. The number of unbranched alkanes of at least 4 members (excludes halogenated alkanes) is 1. The molecule has 1 aromatic rings. The minimum Gasteiger partial charge on any atom is -0.385 e. The molecule has 0 spiro atoms. The van der Waals surface area contributed by atoms with Gasteiger partial charge in [0.25, 0.3) is 0 Å². The summed E-state index contributed by atoms with van der Waals surface area (Å²) >= 11 is 0. The van der Waals surface area contributed by atoms with Gasteiger partial charge in [-0.3, -0.25) is 0 Å². The number of methoxy groups -OCH3 is 1. The van der Waals surface area contributed by atoms with Gasteiger partial charge < -0.3 is 9.30 Å². The number of hydrogen-bond donors (Lipinski definition) is 0. The molecule has 13 heavy (non-hydrogen) atoms. The van der Waals surface area contributed by atoms with Crippen molar-refractivity contribution >= 4 is 0 Å². The van der Waals surface area contributed by atoms with Gasteiger partial charge in [-0.05, 0) is 12.8 Å². The van der Waals surface area contributed by atoms with Gasteiger partial charge in [0.15, 0.2) is 0 Å². The van der Waals surface area contributed by atoms with Crippen LogP contribution in [0.25, 0.3) is 0 Å². The highest BCUT2D eigenvalue weighted by Gasteiger charge is 1.98. The quantitative estimate of drug-likeness (QED) is 0.628. The molecule has 74 valence electrons. The molecule has 0 aromatic carbocycles. The number of rotatable bonds is 6. The van der Waals surface area contributed by atoms with Crippen LogP contribution >= 0.6 is 0 Å². The van der Waals surface area contributed by atoms with Crippen molar-refractivity contribution in [1.82, 2.24) is 9.55 Å². The van der Waals surface area contributed by atoms with E-state index in [4.69, 9.17) is 4.74 Å². The maximum absolute atomic E-state index is 4.99. The molecule has 0 bridgehead atoms. The van der Waals surface area contributed by atoms with Crippen molar-refractivity contribution in [1.29, 1.82) is 0 Å². The van der Waals surface area contributed by atoms with Crippen molar-refractivity contribution in [3.8, 4) is 0 Å². The van der Waals surface area contributed by atoms with Gasteiger partial charge >= 0.3 is 0 Å². The zero-order chi connectivity index (χ0) is 9.52. The number of aryl methyl sites for hydroxylation is 2. The molecule has 0 aliphatic rings. The first-order chi connectivity index (χ1) is 6.38. The summed E-state index contributed by atoms with van der Waals surface area (Å²) in [5.41, 5.74) is 0. The molecule has 0 saturated carbocycles. The third-order valence-electron chi connectivity index (χ3n) is 2.12. The van der Waals surface area contributed by atoms with Crippen LogP contribution in [0.3, 0.4) is 0 Å². The first-order valence-electron chi connectivity index (χ1n) is 4.87. The number of imidazole rings is 1. The maximum atomic E-state index is 4.99. The topological polar surface area (TPSA) is 27.1 Å². The second kappa shape index (κ2) is 5.75. The fourth-order valence-corrected chi connectivity index (χ4v) is 1.39. The van der Waals surface area contributed by atoms with Crippen molar-refractivity contribution in [3.05, 3.63) is 18.2 Å². The third kappa shape index (κ3) is 3.19. The predicted molar refractivity (Wildman–Crippen MR) is 52.7 cm³/mol. The van der Waals surface area contributed by atoms with E-state index in [1.54, 1.807) is 7.11 Å². The van der Waals surface area contributed by atoms with Gasteiger partial charge in [0.2, 0.25) is 0 Å². The standard InChI is InChI=1S/C10H18N2O/c1-3-10-11-6-8-12(10)7-4-5-9-13-2/h6,8H,3-5,7,9H2,1-2H3. The van der Waals surface area contributed by atoms with Crippen molar-refractivity contribution in [3.63, 3.8) is 0 Å². The summed E-state index contributed by atoms with van der Waals surface area (Å²) in [5, 5.41) is 0. The lowest BCUT2D eigenvalue weighted by atomic mass is 10.3. The Morgan fingerprint density at radius 3 is 3.00 bits per heavy atom. The van der Waals surface area contributed by atoms with E-state index in [9.17, 15) is 0 Å². The summed E-state index contributed by atoms with van der Waals surface area (Å²) in [7, 11) is 1.74. The van der Waals surface area contributed by atoms with Crippen molar-refractivity contribution in [2.24, 2.45) is 0 Å². The van der Waals surface area contributed by atoms with Crippen molar-refractivity contribution in [2.75, 3.05) is 13.7 Å². The number of nitrogens with zero attached hydrogens (tertiary/aromatic N) is 2. The molecule has 0 N–H and O–H groups in total. The first-order valence-corrected chi connectivity index (χ1v) is 4.87. The SMILES string of the molecule is CCc1nccn1CCCCOC. The summed E-state index contributed by atoms with van der Waals surface area (Å²) in [6.07, 6.45) is 7.22. The summed E-state index contributed by atoms with van der Waals surface area (Å²) in [6.45, 7) is 4.05. The summed E-state index contributed by atoms with van der Waals surface area (Å²) in [6, 6.07) is 0. The normalized spacial score (nSPS) is 10.6. The molecule has 0 aliphatic heterocycles. The van der Waals surface area contributed by atoms with E-state index in [-0.39, 0.29) is 0 Å². The van der Waals surface area contributed by atoms with Gasteiger partial charge in [-0.15, -0.1) is 0 Å². The van der Waals surface area contributed by atoms with E-state index in [1.165, 1.54) is 5.82 Å². The lowest BCUT2D eigenvalue weighted by Crippen LogP contribution is -2.03. The average molecular weight is 182 g/mol. The van der Waals surface area contributed by atoms with Gasteiger partial charge in [-0.25, -0.2) is 4.98 Å². The van der Waals surface area contributed by atoms with Crippen LogP contribution in [0.15, 0.2) is 12.4 Å².